The zero-order valence-corrected chi connectivity index (χ0v) is 15.2. The Morgan fingerprint density at radius 3 is 2.74 bits per heavy atom. The third-order valence-electron chi connectivity index (χ3n) is 4.96. The smallest absolute Gasteiger partial charge is 0.231 e. The maximum absolute atomic E-state index is 12.3. The van der Waals surface area contributed by atoms with Gasteiger partial charge in [-0.25, -0.2) is 0 Å². The van der Waals surface area contributed by atoms with Crippen molar-refractivity contribution in [2.24, 2.45) is 0 Å². The van der Waals surface area contributed by atoms with Crippen molar-refractivity contribution in [3.05, 3.63) is 42.0 Å². The number of ether oxygens (including phenoxy) is 3. The minimum Gasteiger partial charge on any atom is -0.490 e. The third-order valence-corrected chi connectivity index (χ3v) is 4.96. The predicted octanol–water partition coefficient (Wildman–Crippen LogP) is 3.89. The Morgan fingerprint density at radius 1 is 1.15 bits per heavy atom. The van der Waals surface area contributed by atoms with E-state index in [2.05, 4.69) is 5.32 Å². The van der Waals surface area contributed by atoms with Crippen LogP contribution in [-0.2, 0) is 11.2 Å². The molecule has 2 aromatic carbocycles. The first kappa shape index (κ1) is 17.5. The predicted molar refractivity (Wildman–Crippen MR) is 103 cm³/mol. The second kappa shape index (κ2) is 7.78. The van der Waals surface area contributed by atoms with E-state index >= 15 is 0 Å². The maximum Gasteiger partial charge on any atom is 0.231 e. The fourth-order valence-corrected chi connectivity index (χ4v) is 3.51. The van der Waals surface area contributed by atoms with Gasteiger partial charge in [0, 0.05) is 18.6 Å². The minimum atomic E-state index is -0.0947. The lowest BCUT2D eigenvalue weighted by Gasteiger charge is -2.14. The number of rotatable bonds is 6. The van der Waals surface area contributed by atoms with Crippen molar-refractivity contribution in [3.63, 3.8) is 0 Å². The highest BCUT2D eigenvalue weighted by molar-refractivity contribution is 5.94. The summed E-state index contributed by atoms with van der Waals surface area (Å²) in [6.07, 6.45) is 6.07. The van der Waals surface area contributed by atoms with Gasteiger partial charge in [-0.2, -0.15) is 0 Å². The normalized spacial score (nSPS) is 15.7. The van der Waals surface area contributed by atoms with Crippen LogP contribution >= 0.6 is 0 Å². The third kappa shape index (κ3) is 4.27. The van der Waals surface area contributed by atoms with Gasteiger partial charge in [0.05, 0.1) is 17.5 Å². The number of nitrogens with two attached hydrogens (primary N) is 1. The molecule has 6 nitrogen and oxygen atoms in total. The molecule has 1 aliphatic heterocycles. The Morgan fingerprint density at radius 2 is 1.93 bits per heavy atom. The summed E-state index contributed by atoms with van der Waals surface area (Å²) in [5, 5.41) is 2.85. The van der Waals surface area contributed by atoms with Gasteiger partial charge in [-0.15, -0.1) is 0 Å². The van der Waals surface area contributed by atoms with Gasteiger partial charge in [0.25, 0.3) is 0 Å². The topological polar surface area (TPSA) is 82.8 Å². The minimum absolute atomic E-state index is 0.0947. The standard InChI is InChI=1S/C21H24N2O4/c22-17-11-19-20(26-13-25-19)12-18(17)23-21(24)9-8-14-4-3-7-16(10-14)27-15-5-1-2-6-15/h3-4,7,10-12,15H,1-2,5-6,8-9,13,22H2,(H,23,24). The van der Waals surface area contributed by atoms with E-state index in [1.165, 1.54) is 12.8 Å². The van der Waals surface area contributed by atoms with Crippen LogP contribution in [0, 0.1) is 0 Å². The van der Waals surface area contributed by atoms with Gasteiger partial charge in [-0.3, -0.25) is 4.79 Å². The van der Waals surface area contributed by atoms with Gasteiger partial charge in [0.1, 0.15) is 5.75 Å². The highest BCUT2D eigenvalue weighted by atomic mass is 16.7. The van der Waals surface area contributed by atoms with Crippen LogP contribution in [0.15, 0.2) is 36.4 Å². The number of anilines is 2. The van der Waals surface area contributed by atoms with E-state index in [0.29, 0.717) is 41.8 Å². The van der Waals surface area contributed by atoms with Crippen molar-refractivity contribution in [3.8, 4) is 17.2 Å². The molecule has 0 saturated heterocycles. The van der Waals surface area contributed by atoms with Gasteiger partial charge in [-0.05, 0) is 49.8 Å². The summed E-state index contributed by atoms with van der Waals surface area (Å²) < 4.78 is 16.6. The summed E-state index contributed by atoms with van der Waals surface area (Å²) in [5.74, 6) is 1.99. The van der Waals surface area contributed by atoms with Crippen LogP contribution in [-0.4, -0.2) is 18.8 Å². The highest BCUT2D eigenvalue weighted by Gasteiger charge is 2.18. The van der Waals surface area contributed by atoms with Crippen LogP contribution in [0.2, 0.25) is 0 Å². The fraction of sp³-hybridized carbons (Fsp3) is 0.381. The van der Waals surface area contributed by atoms with Crippen molar-refractivity contribution in [1.29, 1.82) is 0 Å². The van der Waals surface area contributed by atoms with Crippen LogP contribution in [0.25, 0.3) is 0 Å². The van der Waals surface area contributed by atoms with E-state index in [1.807, 2.05) is 24.3 Å². The van der Waals surface area contributed by atoms with Gasteiger partial charge < -0.3 is 25.3 Å². The van der Waals surface area contributed by atoms with Crippen molar-refractivity contribution >= 4 is 17.3 Å². The molecule has 142 valence electrons. The molecule has 4 rings (SSSR count). The molecule has 0 spiro atoms. The van der Waals surface area contributed by atoms with E-state index in [9.17, 15) is 4.79 Å². The first-order valence-electron chi connectivity index (χ1n) is 9.42. The molecule has 1 amide bonds. The van der Waals surface area contributed by atoms with E-state index in [1.54, 1.807) is 12.1 Å². The molecule has 1 aliphatic carbocycles. The molecule has 0 bridgehead atoms. The molecule has 0 unspecified atom stereocenters. The summed E-state index contributed by atoms with van der Waals surface area (Å²) >= 11 is 0. The maximum atomic E-state index is 12.3. The fourth-order valence-electron chi connectivity index (χ4n) is 3.51. The lowest BCUT2D eigenvalue weighted by Crippen LogP contribution is -2.14. The molecule has 2 aromatic rings. The first-order valence-corrected chi connectivity index (χ1v) is 9.42. The van der Waals surface area contributed by atoms with Crippen molar-refractivity contribution < 1.29 is 19.0 Å². The average Bonchev–Trinajstić information content (AvgIpc) is 3.32. The number of fused-ring (bicyclic) bond motifs is 1. The van der Waals surface area contributed by atoms with E-state index < -0.39 is 0 Å². The number of aryl methyl sites for hydroxylation is 1. The number of nitrogen functional groups attached to an aromatic ring is 1. The van der Waals surface area contributed by atoms with E-state index in [4.69, 9.17) is 19.9 Å². The molecular weight excluding hydrogens is 344 g/mol. The SMILES string of the molecule is Nc1cc2c(cc1NC(=O)CCc1cccc(OC3CCCC3)c1)OCO2. The van der Waals surface area contributed by atoms with Gasteiger partial charge in [0.15, 0.2) is 11.5 Å². The van der Waals surface area contributed by atoms with Crippen LogP contribution in [0.4, 0.5) is 11.4 Å². The first-order chi connectivity index (χ1) is 13.2. The Hall–Kier alpha value is -2.89. The molecule has 27 heavy (non-hydrogen) atoms. The molecule has 2 aliphatic rings. The van der Waals surface area contributed by atoms with E-state index in [0.717, 1.165) is 24.2 Å². The number of amides is 1. The summed E-state index contributed by atoms with van der Waals surface area (Å²) in [7, 11) is 0. The zero-order valence-electron chi connectivity index (χ0n) is 15.2. The van der Waals surface area contributed by atoms with E-state index in [-0.39, 0.29) is 12.7 Å². The molecule has 0 aromatic heterocycles. The lowest BCUT2D eigenvalue weighted by atomic mass is 10.1. The van der Waals surface area contributed by atoms with Crippen LogP contribution in [0.5, 0.6) is 17.2 Å². The largest absolute Gasteiger partial charge is 0.490 e. The number of nitrogens with one attached hydrogen (secondary N) is 1. The summed E-state index contributed by atoms with van der Waals surface area (Å²) in [6, 6.07) is 11.4. The summed E-state index contributed by atoms with van der Waals surface area (Å²) in [4.78, 5) is 12.3. The highest BCUT2D eigenvalue weighted by Crippen LogP contribution is 2.38. The molecule has 3 N–H and O–H groups in total. The van der Waals surface area contributed by atoms with Crippen LogP contribution < -0.4 is 25.3 Å². The quantitative estimate of drug-likeness (QED) is 0.756. The zero-order chi connectivity index (χ0) is 18.6. The lowest BCUT2D eigenvalue weighted by molar-refractivity contribution is -0.116. The Kier molecular flexibility index (Phi) is 5.05. The average molecular weight is 368 g/mol. The Labute approximate surface area is 158 Å². The Bertz CT molecular complexity index is 831. The van der Waals surface area contributed by atoms with Crippen LogP contribution in [0.3, 0.4) is 0 Å². The van der Waals surface area contributed by atoms with Gasteiger partial charge >= 0.3 is 0 Å². The van der Waals surface area contributed by atoms with Crippen molar-refractivity contribution in [1.82, 2.24) is 0 Å². The number of hydrogen-bond donors (Lipinski definition) is 2. The summed E-state index contributed by atoms with van der Waals surface area (Å²) in [5.41, 5.74) is 8.06. The summed E-state index contributed by atoms with van der Waals surface area (Å²) in [6.45, 7) is 0.172. The molecule has 0 radical (unpaired) electrons. The van der Waals surface area contributed by atoms with Gasteiger partial charge in [-0.1, -0.05) is 12.1 Å². The van der Waals surface area contributed by atoms with Crippen LogP contribution in [0.1, 0.15) is 37.7 Å². The van der Waals surface area contributed by atoms with Crippen molar-refractivity contribution in [2.45, 2.75) is 44.6 Å². The second-order valence-electron chi connectivity index (χ2n) is 7.01. The Balaban J connectivity index is 1.33. The second-order valence-corrected chi connectivity index (χ2v) is 7.01. The molecule has 0 atom stereocenters. The molecule has 6 heteroatoms. The number of carbonyl (C=O) groups excluding carboxylic acids is 1. The number of benzene rings is 2. The van der Waals surface area contributed by atoms with Crippen molar-refractivity contribution in [2.75, 3.05) is 17.8 Å². The number of carbonyl (C=O) groups is 1. The van der Waals surface area contributed by atoms with Gasteiger partial charge in [0.2, 0.25) is 12.7 Å². The number of hydrogen-bond acceptors (Lipinski definition) is 5. The molecule has 1 fully saturated rings. The molecule has 1 saturated carbocycles. The molecule has 1 heterocycles. The monoisotopic (exact) mass is 368 g/mol. The molecular formula is C21H24N2O4.